The number of benzene rings is 1. The molecule has 0 aliphatic heterocycles. The van der Waals surface area contributed by atoms with E-state index in [0.29, 0.717) is 0 Å². The Labute approximate surface area is 174 Å². The molecule has 1 atom stereocenters. The highest BCUT2D eigenvalue weighted by atomic mass is 14.3. The fourth-order valence-corrected chi connectivity index (χ4v) is 5.48. The molecule has 0 radical (unpaired) electrons. The Hall–Kier alpha value is -1.30. The van der Waals surface area contributed by atoms with Crippen molar-refractivity contribution >= 4 is 0 Å². The van der Waals surface area contributed by atoms with Crippen molar-refractivity contribution in [2.24, 2.45) is 17.8 Å². The molecular weight excluding hydrogens is 336 g/mol. The third-order valence-corrected chi connectivity index (χ3v) is 7.37. The molecule has 1 saturated carbocycles. The van der Waals surface area contributed by atoms with E-state index in [2.05, 4.69) is 56.3 Å². The van der Waals surface area contributed by atoms with Crippen molar-refractivity contribution in [2.45, 2.75) is 97.3 Å². The van der Waals surface area contributed by atoms with Crippen molar-refractivity contribution in [3.63, 3.8) is 0 Å². The van der Waals surface area contributed by atoms with Crippen molar-refractivity contribution in [1.29, 1.82) is 0 Å². The normalized spacial score (nSPS) is 25.8. The highest BCUT2D eigenvalue weighted by Crippen LogP contribution is 2.41. The lowest BCUT2D eigenvalue weighted by molar-refractivity contribution is 0.187. The minimum atomic E-state index is 0.974. The second kappa shape index (κ2) is 11.6. The first-order chi connectivity index (χ1) is 13.8. The Balaban J connectivity index is 1.35. The Kier molecular flexibility index (Phi) is 8.90. The van der Waals surface area contributed by atoms with E-state index in [1.807, 2.05) is 0 Å². The van der Waals surface area contributed by atoms with Gasteiger partial charge in [-0.3, -0.25) is 0 Å². The fraction of sp³-hybridized carbons (Fsp3) is 0.643. The van der Waals surface area contributed by atoms with Crippen molar-refractivity contribution in [1.82, 2.24) is 0 Å². The fourth-order valence-electron chi connectivity index (χ4n) is 5.48. The van der Waals surface area contributed by atoms with E-state index in [4.69, 9.17) is 0 Å². The summed E-state index contributed by atoms with van der Waals surface area (Å²) in [7, 11) is 0. The summed E-state index contributed by atoms with van der Waals surface area (Å²) in [5.74, 6) is 2.97. The first-order valence-corrected chi connectivity index (χ1v) is 12.1. The van der Waals surface area contributed by atoms with E-state index < -0.39 is 0 Å². The van der Waals surface area contributed by atoms with Crippen LogP contribution in [-0.4, -0.2) is 0 Å². The second-order valence-corrected chi connectivity index (χ2v) is 9.39. The molecule has 1 aromatic rings. The quantitative estimate of drug-likeness (QED) is 0.378. The molecule has 1 unspecified atom stereocenters. The molecule has 0 N–H and O–H groups in total. The lowest BCUT2D eigenvalue weighted by atomic mass is 9.70. The number of allylic oxidation sites excluding steroid dienone is 4. The molecule has 0 saturated heterocycles. The smallest absolute Gasteiger partial charge is 0.0276 e. The second-order valence-electron chi connectivity index (χ2n) is 9.39. The molecule has 0 bridgehead atoms. The van der Waals surface area contributed by atoms with Crippen LogP contribution in [0, 0.1) is 17.8 Å². The predicted octanol–water partition coefficient (Wildman–Crippen LogP) is 8.46. The van der Waals surface area contributed by atoms with Gasteiger partial charge in [-0.05, 0) is 100 Å². The highest BCUT2D eigenvalue weighted by Gasteiger charge is 2.28. The Morgan fingerprint density at radius 1 is 0.857 bits per heavy atom. The van der Waals surface area contributed by atoms with Crippen LogP contribution in [-0.2, 0) is 12.8 Å². The maximum atomic E-state index is 2.60. The summed E-state index contributed by atoms with van der Waals surface area (Å²) in [5, 5.41) is 0. The van der Waals surface area contributed by atoms with Crippen LogP contribution in [0.3, 0.4) is 0 Å². The molecule has 2 aliphatic carbocycles. The zero-order valence-corrected chi connectivity index (χ0v) is 18.5. The van der Waals surface area contributed by atoms with Gasteiger partial charge in [-0.1, -0.05) is 74.3 Å². The number of hydrogen-bond acceptors (Lipinski definition) is 0. The molecule has 1 aromatic carbocycles. The van der Waals surface area contributed by atoms with Gasteiger partial charge in [0, 0.05) is 0 Å². The molecule has 0 heteroatoms. The Morgan fingerprint density at radius 3 is 2.18 bits per heavy atom. The Morgan fingerprint density at radius 2 is 1.57 bits per heavy atom. The molecule has 3 rings (SSSR count). The molecule has 0 nitrogen and oxygen atoms in total. The van der Waals surface area contributed by atoms with Crippen LogP contribution in [0.5, 0.6) is 0 Å². The van der Waals surface area contributed by atoms with Gasteiger partial charge in [-0.2, -0.15) is 0 Å². The lowest BCUT2D eigenvalue weighted by Crippen LogP contribution is -2.23. The monoisotopic (exact) mass is 378 g/mol. The van der Waals surface area contributed by atoms with Crippen LogP contribution in [0.2, 0.25) is 0 Å². The third kappa shape index (κ3) is 6.64. The maximum absolute atomic E-state index is 2.60. The lowest BCUT2D eigenvalue weighted by Gasteiger charge is -2.35. The molecule has 1 fully saturated rings. The summed E-state index contributed by atoms with van der Waals surface area (Å²) in [5.41, 5.74) is 4.77. The number of aryl methyl sites for hydroxylation is 2. The molecule has 0 heterocycles. The zero-order chi connectivity index (χ0) is 19.6. The van der Waals surface area contributed by atoms with E-state index >= 15 is 0 Å². The summed E-state index contributed by atoms with van der Waals surface area (Å²) >= 11 is 0. The van der Waals surface area contributed by atoms with Gasteiger partial charge in [-0.25, -0.2) is 0 Å². The first kappa shape index (κ1) is 21.4. The van der Waals surface area contributed by atoms with Gasteiger partial charge in [0.15, 0.2) is 0 Å². The summed E-state index contributed by atoms with van der Waals surface area (Å²) in [4.78, 5) is 0. The topological polar surface area (TPSA) is 0 Å². The van der Waals surface area contributed by atoms with E-state index in [1.165, 1.54) is 89.0 Å². The molecule has 0 spiro atoms. The number of hydrogen-bond donors (Lipinski definition) is 0. The van der Waals surface area contributed by atoms with Crippen molar-refractivity contribution in [3.05, 3.63) is 59.2 Å². The van der Waals surface area contributed by atoms with Gasteiger partial charge in [-0.15, -0.1) is 0 Å². The third-order valence-electron chi connectivity index (χ3n) is 7.37. The van der Waals surface area contributed by atoms with Crippen molar-refractivity contribution in [3.8, 4) is 0 Å². The van der Waals surface area contributed by atoms with Gasteiger partial charge >= 0.3 is 0 Å². The Bertz CT molecular complexity index is 610. The van der Waals surface area contributed by atoms with Crippen molar-refractivity contribution < 1.29 is 0 Å². The summed E-state index contributed by atoms with van der Waals surface area (Å²) < 4.78 is 0. The zero-order valence-electron chi connectivity index (χ0n) is 18.5. The minimum Gasteiger partial charge on any atom is -0.0917 e. The van der Waals surface area contributed by atoms with Gasteiger partial charge < -0.3 is 0 Å². The SMILES string of the molecule is C/C=C/CCC1=CCC(C2CCC(CCc3ccc(CCC)cc3)CC2)CC1. The van der Waals surface area contributed by atoms with E-state index in [1.54, 1.807) is 11.1 Å². The summed E-state index contributed by atoms with van der Waals surface area (Å²) in [6.07, 6.45) is 24.9. The standard InChI is InChI=1S/C28H42/c1-3-5-6-8-24-15-19-27(20-16-24)28-21-17-26(18-22-28)14-13-25-11-9-23(7-4-2)10-12-25/h3,5,9-12,15,26-28H,4,6-8,13-14,16-22H2,1-2H3/b5-3+. The highest BCUT2D eigenvalue weighted by molar-refractivity contribution is 5.22. The largest absolute Gasteiger partial charge is 0.0917 e. The average molecular weight is 379 g/mol. The number of rotatable bonds is 9. The van der Waals surface area contributed by atoms with E-state index in [9.17, 15) is 0 Å². The van der Waals surface area contributed by atoms with Crippen molar-refractivity contribution in [2.75, 3.05) is 0 Å². The minimum absolute atomic E-state index is 0.974. The summed E-state index contributed by atoms with van der Waals surface area (Å²) in [6, 6.07) is 9.44. The molecule has 2 aliphatic rings. The maximum Gasteiger partial charge on any atom is -0.0276 e. The molecule has 154 valence electrons. The molecular formula is C28H42. The van der Waals surface area contributed by atoms with E-state index in [-0.39, 0.29) is 0 Å². The van der Waals surface area contributed by atoms with Crippen LogP contribution < -0.4 is 0 Å². The first-order valence-electron chi connectivity index (χ1n) is 12.1. The van der Waals surface area contributed by atoms with Crippen LogP contribution in [0.4, 0.5) is 0 Å². The van der Waals surface area contributed by atoms with Gasteiger partial charge in [0.2, 0.25) is 0 Å². The van der Waals surface area contributed by atoms with Gasteiger partial charge in [0.1, 0.15) is 0 Å². The van der Waals surface area contributed by atoms with Crippen LogP contribution in [0.15, 0.2) is 48.1 Å². The average Bonchev–Trinajstić information content (AvgIpc) is 2.75. The van der Waals surface area contributed by atoms with Crippen LogP contribution in [0.1, 0.15) is 95.6 Å². The van der Waals surface area contributed by atoms with E-state index in [0.717, 1.165) is 17.8 Å². The molecule has 0 amide bonds. The predicted molar refractivity (Wildman–Crippen MR) is 124 cm³/mol. The molecule has 28 heavy (non-hydrogen) atoms. The van der Waals surface area contributed by atoms with Crippen LogP contribution in [0.25, 0.3) is 0 Å². The van der Waals surface area contributed by atoms with Crippen LogP contribution >= 0.6 is 0 Å². The molecule has 0 aromatic heterocycles. The van der Waals surface area contributed by atoms with Gasteiger partial charge in [0.05, 0.1) is 0 Å². The van der Waals surface area contributed by atoms with Gasteiger partial charge in [0.25, 0.3) is 0 Å². The summed E-state index contributed by atoms with van der Waals surface area (Å²) in [6.45, 7) is 4.39.